The lowest BCUT2D eigenvalue weighted by Gasteiger charge is -2.16. The lowest BCUT2D eigenvalue weighted by molar-refractivity contribution is 0.0589. The second-order valence-electron chi connectivity index (χ2n) is 5.05. The van der Waals surface area contributed by atoms with Gasteiger partial charge in [-0.25, -0.2) is 9.59 Å². The van der Waals surface area contributed by atoms with Gasteiger partial charge in [0.2, 0.25) is 0 Å². The Morgan fingerprint density at radius 1 is 0.840 bits per heavy atom. The van der Waals surface area contributed by atoms with Gasteiger partial charge in [0, 0.05) is 0 Å². The molecule has 0 saturated carbocycles. The van der Waals surface area contributed by atoms with Crippen molar-refractivity contribution < 1.29 is 39.1 Å². The summed E-state index contributed by atoms with van der Waals surface area (Å²) in [5.41, 5.74) is -0.189. The molecular weight excluding hydrogens is 332 g/mol. The highest BCUT2D eigenvalue weighted by Crippen LogP contribution is 2.42. The largest absolute Gasteiger partial charge is 0.507 e. The van der Waals surface area contributed by atoms with Gasteiger partial charge in [0.25, 0.3) is 0 Å². The molecule has 2 rings (SSSR count). The summed E-state index contributed by atoms with van der Waals surface area (Å²) in [5.74, 6) is -3.81. The van der Waals surface area contributed by atoms with Crippen LogP contribution >= 0.6 is 0 Å². The monoisotopic (exact) mass is 348 g/mol. The van der Waals surface area contributed by atoms with Crippen molar-refractivity contribution in [3.05, 3.63) is 41.0 Å². The van der Waals surface area contributed by atoms with Crippen LogP contribution in [0, 0.1) is 6.92 Å². The van der Waals surface area contributed by atoms with Crippen molar-refractivity contribution in [2.24, 2.45) is 0 Å². The van der Waals surface area contributed by atoms with Crippen LogP contribution in [0.1, 0.15) is 26.3 Å². The fraction of sp³-hybridized carbons (Fsp3) is 0.176. The summed E-state index contributed by atoms with van der Waals surface area (Å²) >= 11 is 0. The number of ether oxygens (including phenoxy) is 3. The quantitative estimate of drug-likeness (QED) is 0.569. The number of phenols is 3. The van der Waals surface area contributed by atoms with Gasteiger partial charge in [0.05, 0.1) is 14.2 Å². The third-order valence-electron chi connectivity index (χ3n) is 3.33. The Morgan fingerprint density at radius 3 is 2.00 bits per heavy atom. The maximum Gasteiger partial charge on any atom is 0.345 e. The fourth-order valence-corrected chi connectivity index (χ4v) is 2.20. The molecule has 0 aromatic heterocycles. The van der Waals surface area contributed by atoms with Gasteiger partial charge in [-0.15, -0.1) is 0 Å². The van der Waals surface area contributed by atoms with E-state index in [9.17, 15) is 24.9 Å². The first-order valence-electron chi connectivity index (χ1n) is 7.03. The molecule has 25 heavy (non-hydrogen) atoms. The van der Waals surface area contributed by atoms with Crippen LogP contribution in [0.3, 0.4) is 0 Å². The summed E-state index contributed by atoms with van der Waals surface area (Å²) in [6.07, 6.45) is 0. The van der Waals surface area contributed by atoms with Crippen molar-refractivity contribution in [3.63, 3.8) is 0 Å². The highest BCUT2D eigenvalue weighted by atomic mass is 16.5. The van der Waals surface area contributed by atoms with Crippen molar-refractivity contribution in [1.82, 2.24) is 0 Å². The first-order valence-corrected chi connectivity index (χ1v) is 7.03. The molecule has 0 aliphatic heterocycles. The molecule has 0 aliphatic rings. The number of rotatable bonds is 4. The molecule has 0 saturated heterocycles. The van der Waals surface area contributed by atoms with Crippen molar-refractivity contribution in [2.45, 2.75) is 6.92 Å². The molecule has 0 amide bonds. The summed E-state index contributed by atoms with van der Waals surface area (Å²) in [6.45, 7) is 1.64. The molecule has 2 aromatic carbocycles. The number of carbonyl (C=O) groups excluding carboxylic acids is 2. The van der Waals surface area contributed by atoms with E-state index in [1.54, 1.807) is 6.92 Å². The van der Waals surface area contributed by atoms with Crippen LogP contribution in [0.15, 0.2) is 24.3 Å². The van der Waals surface area contributed by atoms with Crippen molar-refractivity contribution in [3.8, 4) is 28.7 Å². The Hall–Kier alpha value is -3.42. The Bertz CT molecular complexity index is 841. The van der Waals surface area contributed by atoms with E-state index in [-0.39, 0.29) is 11.3 Å². The van der Waals surface area contributed by atoms with Gasteiger partial charge in [0.15, 0.2) is 11.5 Å². The number of carbonyl (C=O) groups is 2. The summed E-state index contributed by atoms with van der Waals surface area (Å²) in [4.78, 5) is 23.8. The highest BCUT2D eigenvalue weighted by molar-refractivity contribution is 5.98. The molecule has 0 spiro atoms. The minimum absolute atomic E-state index is 0.171. The molecule has 0 unspecified atom stereocenters. The zero-order valence-corrected chi connectivity index (χ0v) is 13.7. The average molecular weight is 348 g/mol. The van der Waals surface area contributed by atoms with Gasteiger partial charge in [-0.05, 0) is 36.8 Å². The summed E-state index contributed by atoms with van der Waals surface area (Å²) in [6, 6.07) is 4.91. The molecular formula is C17H16O8. The number of esters is 2. The predicted molar refractivity (Wildman–Crippen MR) is 85.4 cm³/mol. The number of hydrogen-bond donors (Lipinski definition) is 3. The van der Waals surface area contributed by atoms with Gasteiger partial charge in [0.1, 0.15) is 28.4 Å². The second-order valence-corrected chi connectivity index (χ2v) is 5.05. The normalized spacial score (nSPS) is 10.2. The molecule has 8 heteroatoms. The minimum atomic E-state index is -0.958. The van der Waals surface area contributed by atoms with Crippen molar-refractivity contribution in [2.75, 3.05) is 14.2 Å². The Labute approximate surface area is 142 Å². The van der Waals surface area contributed by atoms with Gasteiger partial charge in [-0.2, -0.15) is 0 Å². The van der Waals surface area contributed by atoms with E-state index in [1.807, 2.05) is 0 Å². The summed E-state index contributed by atoms with van der Waals surface area (Å²) in [5, 5.41) is 29.9. The third kappa shape index (κ3) is 3.42. The molecule has 0 aliphatic carbocycles. The smallest absolute Gasteiger partial charge is 0.345 e. The van der Waals surface area contributed by atoms with Crippen molar-refractivity contribution in [1.29, 1.82) is 0 Å². The molecule has 0 atom stereocenters. The van der Waals surface area contributed by atoms with Gasteiger partial charge >= 0.3 is 11.9 Å². The first kappa shape index (κ1) is 17.9. The zero-order valence-electron chi connectivity index (χ0n) is 13.7. The number of phenolic OH excluding ortho intramolecular Hbond substituents is 3. The molecule has 3 N–H and O–H groups in total. The molecule has 0 radical (unpaired) electrons. The number of aryl methyl sites for hydroxylation is 1. The maximum absolute atomic E-state index is 11.9. The molecule has 0 heterocycles. The molecule has 0 fully saturated rings. The third-order valence-corrected chi connectivity index (χ3v) is 3.33. The molecule has 132 valence electrons. The first-order chi connectivity index (χ1) is 11.8. The zero-order chi connectivity index (χ0) is 18.7. The van der Waals surface area contributed by atoms with Gasteiger partial charge < -0.3 is 29.5 Å². The van der Waals surface area contributed by atoms with E-state index in [0.717, 1.165) is 26.4 Å². The van der Waals surface area contributed by atoms with Crippen LogP contribution in [-0.2, 0) is 9.47 Å². The Kier molecular flexibility index (Phi) is 5.02. The van der Waals surface area contributed by atoms with Crippen molar-refractivity contribution >= 4 is 11.9 Å². The van der Waals surface area contributed by atoms with Gasteiger partial charge in [-0.3, -0.25) is 0 Å². The van der Waals surface area contributed by atoms with Crippen LogP contribution in [0.2, 0.25) is 0 Å². The fourth-order valence-electron chi connectivity index (χ4n) is 2.20. The maximum atomic E-state index is 11.9. The highest BCUT2D eigenvalue weighted by Gasteiger charge is 2.26. The molecule has 2 aromatic rings. The molecule has 0 bridgehead atoms. The lowest BCUT2D eigenvalue weighted by atomic mass is 10.1. The van der Waals surface area contributed by atoms with E-state index in [4.69, 9.17) is 4.74 Å². The lowest BCUT2D eigenvalue weighted by Crippen LogP contribution is -2.08. The minimum Gasteiger partial charge on any atom is -0.507 e. The van der Waals surface area contributed by atoms with Crippen LogP contribution in [0.25, 0.3) is 0 Å². The molecule has 8 nitrogen and oxygen atoms in total. The Balaban J connectivity index is 2.67. The predicted octanol–water partition coefficient (Wildman–Crippen LogP) is 2.48. The van der Waals surface area contributed by atoms with Crippen LogP contribution < -0.4 is 4.74 Å². The summed E-state index contributed by atoms with van der Waals surface area (Å²) in [7, 11) is 2.21. The summed E-state index contributed by atoms with van der Waals surface area (Å²) < 4.78 is 14.7. The van der Waals surface area contributed by atoms with Crippen LogP contribution in [0.5, 0.6) is 28.7 Å². The number of aromatic hydroxyl groups is 3. The van der Waals surface area contributed by atoms with E-state index in [0.29, 0.717) is 5.56 Å². The average Bonchev–Trinajstić information content (AvgIpc) is 2.56. The Morgan fingerprint density at radius 2 is 1.40 bits per heavy atom. The van der Waals surface area contributed by atoms with Gasteiger partial charge in [-0.1, -0.05) is 0 Å². The number of benzene rings is 2. The van der Waals surface area contributed by atoms with E-state index in [2.05, 4.69) is 9.47 Å². The van der Waals surface area contributed by atoms with E-state index >= 15 is 0 Å². The van der Waals surface area contributed by atoms with E-state index in [1.165, 1.54) is 12.1 Å². The van der Waals surface area contributed by atoms with Crippen LogP contribution in [0.4, 0.5) is 0 Å². The topological polar surface area (TPSA) is 123 Å². The standard InChI is InChI=1S/C17H16O8/c1-8-6-11(20)13(16(21)23-2)12(7-8)25-15-10(19)5-4-9(18)14(15)17(22)24-3/h4-7,18-20H,1-3H3. The second kappa shape index (κ2) is 7.00. The van der Waals surface area contributed by atoms with Crippen LogP contribution in [-0.4, -0.2) is 41.5 Å². The van der Waals surface area contributed by atoms with E-state index < -0.39 is 40.5 Å². The SMILES string of the molecule is COC(=O)c1c(O)cc(C)cc1Oc1c(O)ccc(O)c1C(=O)OC. The number of hydrogen-bond acceptors (Lipinski definition) is 8. The number of methoxy groups -OCH3 is 2.